The molecule has 0 saturated heterocycles. The maximum atomic E-state index is 10.6. The van der Waals surface area contributed by atoms with Gasteiger partial charge in [-0.15, -0.1) is 0 Å². The third-order valence-corrected chi connectivity index (χ3v) is 3.81. The predicted octanol–water partition coefficient (Wildman–Crippen LogP) is 0.603. The zero-order valence-electron chi connectivity index (χ0n) is 8.69. The molecule has 0 aromatic heterocycles. The molecular formula is C8H15NO4S2. The third kappa shape index (κ3) is 8.59. The van der Waals surface area contributed by atoms with Crippen LogP contribution in [-0.2, 0) is 14.3 Å². The lowest BCUT2D eigenvalue weighted by Gasteiger charge is -2.09. The van der Waals surface area contributed by atoms with E-state index in [-0.39, 0.29) is 5.97 Å². The van der Waals surface area contributed by atoms with Gasteiger partial charge in [0.15, 0.2) is 0 Å². The molecule has 0 bridgehead atoms. The minimum atomic E-state index is -0.856. The van der Waals surface area contributed by atoms with Gasteiger partial charge in [0.2, 0.25) is 0 Å². The number of hydrogen-bond acceptors (Lipinski definition) is 6. The lowest BCUT2D eigenvalue weighted by molar-refractivity contribution is -0.140. The molecular weight excluding hydrogens is 238 g/mol. The molecule has 0 aromatic rings. The van der Waals surface area contributed by atoms with Crippen LogP contribution >= 0.6 is 21.6 Å². The van der Waals surface area contributed by atoms with E-state index < -0.39 is 12.0 Å². The van der Waals surface area contributed by atoms with Gasteiger partial charge in [0.1, 0.15) is 12.6 Å². The Morgan fingerprint density at radius 1 is 1.47 bits per heavy atom. The molecule has 0 fully saturated rings. The van der Waals surface area contributed by atoms with Crippen LogP contribution < -0.4 is 5.32 Å². The number of carboxylic acids is 1. The molecule has 2 N–H and O–H groups in total. The van der Waals surface area contributed by atoms with Crippen molar-refractivity contribution in [2.45, 2.75) is 13.0 Å². The van der Waals surface area contributed by atoms with Gasteiger partial charge in [0, 0.05) is 18.4 Å². The smallest absolute Gasteiger partial charge is 0.321 e. The molecule has 0 spiro atoms. The number of rotatable bonds is 8. The maximum Gasteiger partial charge on any atom is 0.321 e. The Morgan fingerprint density at radius 3 is 2.60 bits per heavy atom. The van der Waals surface area contributed by atoms with Crippen molar-refractivity contribution in [2.24, 2.45) is 0 Å². The van der Waals surface area contributed by atoms with Gasteiger partial charge in [-0.25, -0.2) is 0 Å². The second-order valence-electron chi connectivity index (χ2n) is 2.63. The molecule has 1 atom stereocenters. The Kier molecular flexibility index (Phi) is 8.64. The number of nitrogens with one attached hydrogen (secondary N) is 1. The van der Waals surface area contributed by atoms with Crippen molar-refractivity contribution in [3.63, 3.8) is 0 Å². The summed E-state index contributed by atoms with van der Waals surface area (Å²) in [5, 5.41) is 11.4. The standard InChI is InChI=1S/C8H15NO4S2/c1-6(10)13-3-4-14-15-5-7(9-2)8(11)12/h7,9H,3-5H2,1-2H3,(H,11,12)/t7-/m0/s1. The highest BCUT2D eigenvalue weighted by atomic mass is 33.1. The molecule has 0 aliphatic carbocycles. The number of likely N-dealkylation sites (N-methyl/N-ethyl adjacent to an activating group) is 1. The summed E-state index contributed by atoms with van der Waals surface area (Å²) in [6.45, 7) is 1.73. The number of carbonyl (C=O) groups excluding carboxylic acids is 1. The van der Waals surface area contributed by atoms with Crippen LogP contribution in [0.2, 0.25) is 0 Å². The van der Waals surface area contributed by atoms with Gasteiger partial charge in [-0.05, 0) is 7.05 Å². The highest BCUT2D eigenvalue weighted by molar-refractivity contribution is 8.76. The molecule has 0 amide bonds. The normalized spacial score (nSPS) is 12.1. The van der Waals surface area contributed by atoms with Crippen molar-refractivity contribution < 1.29 is 19.4 Å². The molecule has 0 unspecified atom stereocenters. The largest absolute Gasteiger partial charge is 0.480 e. The molecule has 15 heavy (non-hydrogen) atoms. The molecule has 0 radical (unpaired) electrons. The average molecular weight is 253 g/mol. The molecule has 0 aliphatic rings. The molecule has 88 valence electrons. The summed E-state index contributed by atoms with van der Waals surface area (Å²) in [5.41, 5.74) is 0. The first-order valence-corrected chi connectivity index (χ1v) is 6.84. The first-order valence-electron chi connectivity index (χ1n) is 4.35. The van der Waals surface area contributed by atoms with Crippen molar-refractivity contribution in [3.05, 3.63) is 0 Å². The van der Waals surface area contributed by atoms with Crippen molar-refractivity contribution >= 4 is 33.5 Å². The van der Waals surface area contributed by atoms with Crippen molar-refractivity contribution in [2.75, 3.05) is 25.2 Å². The van der Waals surface area contributed by atoms with Gasteiger partial charge >= 0.3 is 11.9 Å². The quantitative estimate of drug-likeness (QED) is 0.373. The van der Waals surface area contributed by atoms with Crippen molar-refractivity contribution in [1.29, 1.82) is 0 Å². The summed E-state index contributed by atoms with van der Waals surface area (Å²) in [6.07, 6.45) is 0. The van der Waals surface area contributed by atoms with Gasteiger partial charge in [-0.1, -0.05) is 21.6 Å². The summed E-state index contributed by atoms with van der Waals surface area (Å²) in [7, 11) is 4.55. The number of carboxylic acid groups (broad SMARTS) is 1. The molecule has 0 rings (SSSR count). The van der Waals surface area contributed by atoms with Crippen LogP contribution in [0.3, 0.4) is 0 Å². The van der Waals surface area contributed by atoms with Crippen molar-refractivity contribution in [3.8, 4) is 0 Å². The van der Waals surface area contributed by atoms with Crippen LogP contribution in [0.1, 0.15) is 6.92 Å². The van der Waals surface area contributed by atoms with E-state index in [0.29, 0.717) is 18.1 Å². The Balaban J connectivity index is 3.37. The predicted molar refractivity (Wildman–Crippen MR) is 62.0 cm³/mol. The van der Waals surface area contributed by atoms with Gasteiger partial charge in [0.05, 0.1) is 0 Å². The van der Waals surface area contributed by atoms with Crippen LogP contribution in [0.25, 0.3) is 0 Å². The summed E-state index contributed by atoms with van der Waals surface area (Å²) < 4.78 is 4.72. The Morgan fingerprint density at radius 2 is 2.13 bits per heavy atom. The fraction of sp³-hybridized carbons (Fsp3) is 0.750. The molecule has 0 saturated carbocycles. The van der Waals surface area contributed by atoms with E-state index in [1.165, 1.54) is 28.5 Å². The van der Waals surface area contributed by atoms with E-state index in [9.17, 15) is 9.59 Å². The first-order chi connectivity index (χ1) is 7.07. The number of carbonyl (C=O) groups is 2. The van der Waals surface area contributed by atoms with Crippen LogP contribution in [0.4, 0.5) is 0 Å². The van der Waals surface area contributed by atoms with Gasteiger partial charge < -0.3 is 15.2 Å². The van der Waals surface area contributed by atoms with E-state index in [2.05, 4.69) is 5.32 Å². The second-order valence-corrected chi connectivity index (χ2v) is 5.25. The summed E-state index contributed by atoms with van der Waals surface area (Å²) in [5.74, 6) is 0.00136. The minimum absolute atomic E-state index is 0.292. The lowest BCUT2D eigenvalue weighted by Crippen LogP contribution is -2.35. The topological polar surface area (TPSA) is 75.6 Å². The number of esters is 1. The summed E-state index contributed by atoms with van der Waals surface area (Å²) >= 11 is 0. The molecule has 5 nitrogen and oxygen atoms in total. The zero-order valence-corrected chi connectivity index (χ0v) is 10.3. The van der Waals surface area contributed by atoms with Crippen LogP contribution in [0, 0.1) is 0 Å². The fourth-order valence-electron chi connectivity index (χ4n) is 0.673. The molecule has 7 heteroatoms. The molecule has 0 aromatic carbocycles. The summed E-state index contributed by atoms with van der Waals surface area (Å²) in [4.78, 5) is 21.0. The highest BCUT2D eigenvalue weighted by Gasteiger charge is 2.14. The van der Waals surface area contributed by atoms with Crippen LogP contribution in [-0.4, -0.2) is 48.2 Å². The van der Waals surface area contributed by atoms with E-state index in [1.807, 2.05) is 0 Å². The number of aliphatic carboxylic acids is 1. The SMILES string of the molecule is CN[C@@H](CSSCCOC(C)=O)C(=O)O. The van der Waals surface area contributed by atoms with E-state index in [1.54, 1.807) is 7.05 Å². The zero-order chi connectivity index (χ0) is 11.7. The maximum absolute atomic E-state index is 10.6. The molecule has 0 heterocycles. The second kappa shape index (κ2) is 8.87. The van der Waals surface area contributed by atoms with Crippen LogP contribution in [0.5, 0.6) is 0 Å². The monoisotopic (exact) mass is 253 g/mol. The van der Waals surface area contributed by atoms with Gasteiger partial charge in [0.25, 0.3) is 0 Å². The van der Waals surface area contributed by atoms with Crippen molar-refractivity contribution in [1.82, 2.24) is 5.32 Å². The summed E-state index contributed by atoms with van der Waals surface area (Å²) in [6, 6.07) is -0.531. The number of hydrogen-bond donors (Lipinski definition) is 2. The number of ether oxygens (including phenoxy) is 1. The van der Waals surface area contributed by atoms with Crippen LogP contribution in [0.15, 0.2) is 0 Å². The highest BCUT2D eigenvalue weighted by Crippen LogP contribution is 2.21. The third-order valence-electron chi connectivity index (χ3n) is 1.44. The van der Waals surface area contributed by atoms with E-state index in [0.717, 1.165) is 0 Å². The molecule has 0 aliphatic heterocycles. The average Bonchev–Trinajstić information content (AvgIpc) is 2.15. The Bertz CT molecular complexity index is 213. The first kappa shape index (κ1) is 14.6. The van der Waals surface area contributed by atoms with Gasteiger partial charge in [-0.2, -0.15) is 0 Å². The Labute approximate surface area is 96.7 Å². The lowest BCUT2D eigenvalue weighted by atomic mass is 10.3. The van der Waals surface area contributed by atoms with E-state index >= 15 is 0 Å². The minimum Gasteiger partial charge on any atom is -0.480 e. The van der Waals surface area contributed by atoms with Gasteiger partial charge in [-0.3, -0.25) is 9.59 Å². The van der Waals surface area contributed by atoms with E-state index in [4.69, 9.17) is 9.84 Å². The Hall–Kier alpha value is -0.400. The fourth-order valence-corrected chi connectivity index (χ4v) is 2.74.